The first kappa shape index (κ1) is 15.4. The van der Waals surface area contributed by atoms with Gasteiger partial charge < -0.3 is 4.74 Å². The molecule has 0 aromatic heterocycles. The van der Waals surface area contributed by atoms with E-state index in [1.54, 1.807) is 0 Å². The molecule has 2 rings (SSSR count). The first-order chi connectivity index (χ1) is 9.45. The van der Waals surface area contributed by atoms with Crippen LogP contribution >= 0.6 is 0 Å². The predicted molar refractivity (Wildman–Crippen MR) is 72.2 cm³/mol. The predicted octanol–water partition coefficient (Wildman–Crippen LogP) is 5.05. The number of rotatable bonds is 4. The second-order valence-electron chi connectivity index (χ2n) is 5.84. The quantitative estimate of drug-likeness (QED) is 0.752. The highest BCUT2D eigenvalue weighted by molar-refractivity contribution is 5.24. The number of halogens is 3. The molecule has 0 bridgehead atoms. The molecule has 1 aliphatic rings. The summed E-state index contributed by atoms with van der Waals surface area (Å²) >= 11 is 0. The van der Waals surface area contributed by atoms with E-state index < -0.39 is 11.7 Å². The molecular formula is C16H21F3O. The van der Waals surface area contributed by atoms with Crippen LogP contribution in [0.2, 0.25) is 0 Å². The van der Waals surface area contributed by atoms with Crippen molar-refractivity contribution in [1.29, 1.82) is 0 Å². The lowest BCUT2D eigenvalue weighted by Gasteiger charge is -2.25. The Morgan fingerprint density at radius 1 is 1.05 bits per heavy atom. The topological polar surface area (TPSA) is 9.23 Å². The van der Waals surface area contributed by atoms with E-state index in [-0.39, 0.29) is 0 Å². The van der Waals surface area contributed by atoms with Crippen molar-refractivity contribution >= 4 is 0 Å². The molecule has 112 valence electrons. The lowest BCUT2D eigenvalue weighted by molar-refractivity contribution is -0.137. The van der Waals surface area contributed by atoms with Crippen LogP contribution in [-0.2, 0) is 17.5 Å². The SMILES string of the molecule is CC1CCC(COCc2ccc(C(F)(F)F)cc2)CC1. The summed E-state index contributed by atoms with van der Waals surface area (Å²) in [5.41, 5.74) is 0.185. The van der Waals surface area contributed by atoms with Crippen molar-refractivity contribution in [2.45, 2.75) is 45.4 Å². The standard InChI is InChI=1S/C16H21F3O/c1-12-2-4-13(5-3-12)10-20-11-14-6-8-15(9-7-14)16(17,18)19/h6-9,12-13H,2-5,10-11H2,1H3. The molecule has 1 saturated carbocycles. The zero-order valence-corrected chi connectivity index (χ0v) is 11.7. The van der Waals surface area contributed by atoms with E-state index in [0.29, 0.717) is 19.1 Å². The second kappa shape index (κ2) is 6.61. The molecule has 0 radical (unpaired) electrons. The van der Waals surface area contributed by atoms with Crippen molar-refractivity contribution in [3.05, 3.63) is 35.4 Å². The van der Waals surface area contributed by atoms with Crippen LogP contribution in [0, 0.1) is 11.8 Å². The van der Waals surface area contributed by atoms with Gasteiger partial charge in [-0.25, -0.2) is 0 Å². The van der Waals surface area contributed by atoms with E-state index in [2.05, 4.69) is 6.92 Å². The van der Waals surface area contributed by atoms with Gasteiger partial charge in [0.2, 0.25) is 0 Å². The molecule has 0 spiro atoms. The Labute approximate surface area is 118 Å². The average Bonchev–Trinajstić information content (AvgIpc) is 2.41. The highest BCUT2D eigenvalue weighted by atomic mass is 19.4. The van der Waals surface area contributed by atoms with Crippen molar-refractivity contribution in [2.75, 3.05) is 6.61 Å². The van der Waals surface area contributed by atoms with Gasteiger partial charge in [-0.3, -0.25) is 0 Å². The van der Waals surface area contributed by atoms with Gasteiger partial charge >= 0.3 is 6.18 Å². The summed E-state index contributed by atoms with van der Waals surface area (Å²) < 4.78 is 42.9. The van der Waals surface area contributed by atoms with Crippen LogP contribution in [0.5, 0.6) is 0 Å². The smallest absolute Gasteiger partial charge is 0.376 e. The van der Waals surface area contributed by atoms with Gasteiger partial charge in [-0.2, -0.15) is 13.2 Å². The highest BCUT2D eigenvalue weighted by Crippen LogP contribution is 2.30. The van der Waals surface area contributed by atoms with Crippen LogP contribution in [0.3, 0.4) is 0 Å². The molecule has 0 amide bonds. The Kier molecular flexibility index (Phi) is 5.08. The second-order valence-corrected chi connectivity index (χ2v) is 5.84. The third kappa shape index (κ3) is 4.51. The number of benzene rings is 1. The molecule has 0 heterocycles. The van der Waals surface area contributed by atoms with Gasteiger partial charge in [-0.1, -0.05) is 31.9 Å². The molecule has 1 aromatic carbocycles. The Balaban J connectivity index is 1.74. The fourth-order valence-corrected chi connectivity index (χ4v) is 2.63. The van der Waals surface area contributed by atoms with Crippen LogP contribution in [0.25, 0.3) is 0 Å². The first-order valence-corrected chi connectivity index (χ1v) is 7.19. The fraction of sp³-hybridized carbons (Fsp3) is 0.625. The van der Waals surface area contributed by atoms with Crippen molar-refractivity contribution < 1.29 is 17.9 Å². The maximum absolute atomic E-state index is 12.4. The molecule has 1 aromatic rings. The fourth-order valence-electron chi connectivity index (χ4n) is 2.63. The maximum Gasteiger partial charge on any atom is 0.416 e. The van der Waals surface area contributed by atoms with E-state index in [1.807, 2.05) is 0 Å². The molecule has 1 nitrogen and oxygen atoms in total. The van der Waals surface area contributed by atoms with Gasteiger partial charge in [-0.15, -0.1) is 0 Å². The molecule has 0 saturated heterocycles. The van der Waals surface area contributed by atoms with Gasteiger partial charge in [0.1, 0.15) is 0 Å². The number of hydrogen-bond acceptors (Lipinski definition) is 1. The Morgan fingerprint density at radius 3 is 2.20 bits per heavy atom. The summed E-state index contributed by atoms with van der Waals surface area (Å²) in [6.45, 7) is 3.39. The average molecular weight is 286 g/mol. The summed E-state index contributed by atoms with van der Waals surface area (Å²) in [7, 11) is 0. The van der Waals surface area contributed by atoms with Crippen LogP contribution in [-0.4, -0.2) is 6.61 Å². The normalized spacial score (nSPS) is 23.8. The van der Waals surface area contributed by atoms with Crippen LogP contribution in [0.15, 0.2) is 24.3 Å². The number of hydrogen-bond donors (Lipinski definition) is 0. The lowest BCUT2D eigenvalue weighted by Crippen LogP contribution is -2.17. The van der Waals surface area contributed by atoms with E-state index in [4.69, 9.17) is 4.74 Å². The first-order valence-electron chi connectivity index (χ1n) is 7.19. The Bertz CT molecular complexity index is 403. The monoisotopic (exact) mass is 286 g/mol. The molecule has 4 heteroatoms. The molecule has 20 heavy (non-hydrogen) atoms. The van der Waals surface area contributed by atoms with Crippen LogP contribution in [0.4, 0.5) is 13.2 Å². The summed E-state index contributed by atoms with van der Waals surface area (Å²) in [6.07, 6.45) is 0.656. The van der Waals surface area contributed by atoms with E-state index >= 15 is 0 Å². The van der Waals surface area contributed by atoms with Gasteiger partial charge in [0.15, 0.2) is 0 Å². The Morgan fingerprint density at radius 2 is 1.65 bits per heavy atom. The molecule has 0 unspecified atom stereocenters. The van der Waals surface area contributed by atoms with Crippen molar-refractivity contribution in [3.8, 4) is 0 Å². The number of alkyl halides is 3. The summed E-state index contributed by atoms with van der Waals surface area (Å²) in [4.78, 5) is 0. The maximum atomic E-state index is 12.4. The molecule has 0 aliphatic heterocycles. The zero-order valence-electron chi connectivity index (χ0n) is 11.7. The molecule has 1 fully saturated rings. The van der Waals surface area contributed by atoms with E-state index in [0.717, 1.165) is 23.6 Å². The third-order valence-electron chi connectivity index (χ3n) is 4.04. The third-order valence-corrected chi connectivity index (χ3v) is 4.04. The van der Waals surface area contributed by atoms with Gasteiger partial charge in [0, 0.05) is 6.61 Å². The molecule has 1 aliphatic carbocycles. The van der Waals surface area contributed by atoms with Gasteiger partial charge in [0.05, 0.1) is 12.2 Å². The summed E-state index contributed by atoms with van der Waals surface area (Å²) in [5.74, 6) is 1.43. The largest absolute Gasteiger partial charge is 0.416 e. The van der Waals surface area contributed by atoms with Crippen LogP contribution < -0.4 is 0 Å². The van der Waals surface area contributed by atoms with Gasteiger partial charge in [0.25, 0.3) is 0 Å². The lowest BCUT2D eigenvalue weighted by atomic mass is 9.83. The van der Waals surface area contributed by atoms with Gasteiger partial charge in [-0.05, 0) is 42.4 Å². The van der Waals surface area contributed by atoms with Crippen molar-refractivity contribution in [3.63, 3.8) is 0 Å². The van der Waals surface area contributed by atoms with Crippen molar-refractivity contribution in [2.24, 2.45) is 11.8 Å². The zero-order chi connectivity index (χ0) is 14.6. The van der Waals surface area contributed by atoms with Crippen LogP contribution in [0.1, 0.15) is 43.7 Å². The summed E-state index contributed by atoms with van der Waals surface area (Å²) in [6, 6.07) is 5.21. The Hall–Kier alpha value is -1.03. The molecule has 0 N–H and O–H groups in total. The highest BCUT2D eigenvalue weighted by Gasteiger charge is 2.29. The summed E-state index contributed by atoms with van der Waals surface area (Å²) in [5, 5.41) is 0. The molecule has 0 atom stereocenters. The number of ether oxygens (including phenoxy) is 1. The molecular weight excluding hydrogens is 265 g/mol. The minimum atomic E-state index is -4.27. The minimum Gasteiger partial charge on any atom is -0.376 e. The van der Waals surface area contributed by atoms with E-state index in [9.17, 15) is 13.2 Å². The van der Waals surface area contributed by atoms with Crippen molar-refractivity contribution in [1.82, 2.24) is 0 Å². The minimum absolute atomic E-state index is 0.393. The van der Waals surface area contributed by atoms with E-state index in [1.165, 1.54) is 37.8 Å².